The summed E-state index contributed by atoms with van der Waals surface area (Å²) in [6, 6.07) is 16.5. The number of hydrogen-bond acceptors (Lipinski definition) is 4. The number of aryl methyl sites for hydroxylation is 1. The lowest BCUT2D eigenvalue weighted by Gasteiger charge is -2.04. The van der Waals surface area contributed by atoms with Crippen molar-refractivity contribution < 1.29 is 13.9 Å². The zero-order chi connectivity index (χ0) is 19.2. The van der Waals surface area contributed by atoms with Crippen LogP contribution >= 0.6 is 27.5 Å². The Kier molecular flexibility index (Phi) is 6.32. The van der Waals surface area contributed by atoms with E-state index in [-0.39, 0.29) is 12.5 Å². The number of furan rings is 1. The van der Waals surface area contributed by atoms with Gasteiger partial charge in [0.1, 0.15) is 17.3 Å². The molecule has 27 heavy (non-hydrogen) atoms. The van der Waals surface area contributed by atoms with Crippen LogP contribution in [0.1, 0.15) is 11.3 Å². The van der Waals surface area contributed by atoms with E-state index in [9.17, 15) is 4.79 Å². The molecule has 0 fully saturated rings. The summed E-state index contributed by atoms with van der Waals surface area (Å²) in [5.74, 6) is 1.40. The van der Waals surface area contributed by atoms with Crippen LogP contribution in [0.4, 0.5) is 0 Å². The highest BCUT2D eigenvalue weighted by Gasteiger charge is 2.06. The summed E-state index contributed by atoms with van der Waals surface area (Å²) in [6.45, 7) is 1.80. The molecule has 138 valence electrons. The van der Waals surface area contributed by atoms with Crippen LogP contribution in [0.25, 0.3) is 11.3 Å². The Morgan fingerprint density at radius 1 is 1.26 bits per heavy atom. The number of ether oxygens (including phenoxy) is 1. The van der Waals surface area contributed by atoms with E-state index >= 15 is 0 Å². The lowest BCUT2D eigenvalue weighted by atomic mass is 10.1. The molecular formula is C20H16BrClN2O3. The molecule has 2 aromatic carbocycles. The number of benzene rings is 2. The maximum Gasteiger partial charge on any atom is 0.277 e. The molecule has 0 aliphatic rings. The van der Waals surface area contributed by atoms with E-state index in [0.29, 0.717) is 22.3 Å². The summed E-state index contributed by atoms with van der Waals surface area (Å²) >= 11 is 9.48. The first-order valence-corrected chi connectivity index (χ1v) is 9.25. The van der Waals surface area contributed by atoms with Gasteiger partial charge in [0, 0.05) is 15.1 Å². The van der Waals surface area contributed by atoms with E-state index in [4.69, 9.17) is 20.8 Å². The minimum atomic E-state index is -0.372. The van der Waals surface area contributed by atoms with E-state index in [1.807, 2.05) is 43.3 Å². The van der Waals surface area contributed by atoms with Crippen LogP contribution in [0, 0.1) is 6.92 Å². The lowest BCUT2D eigenvalue weighted by Crippen LogP contribution is -2.24. The Balaban J connectivity index is 1.53. The molecule has 1 aromatic heterocycles. The maximum atomic E-state index is 11.8. The van der Waals surface area contributed by atoms with Gasteiger partial charge in [0.2, 0.25) is 0 Å². The summed E-state index contributed by atoms with van der Waals surface area (Å²) in [4.78, 5) is 11.8. The normalized spacial score (nSPS) is 10.9. The molecular weight excluding hydrogens is 432 g/mol. The van der Waals surface area contributed by atoms with Crippen molar-refractivity contribution in [3.05, 3.63) is 75.4 Å². The number of carbonyl (C=O) groups is 1. The highest BCUT2D eigenvalue weighted by atomic mass is 79.9. The van der Waals surface area contributed by atoms with Crippen molar-refractivity contribution in [3.63, 3.8) is 0 Å². The fourth-order valence-electron chi connectivity index (χ4n) is 2.23. The van der Waals surface area contributed by atoms with E-state index in [1.165, 1.54) is 6.21 Å². The van der Waals surface area contributed by atoms with Crippen molar-refractivity contribution >= 4 is 39.7 Å². The average Bonchev–Trinajstić information content (AvgIpc) is 3.11. The third-order valence-electron chi connectivity index (χ3n) is 3.63. The molecule has 1 amide bonds. The Morgan fingerprint density at radius 3 is 2.89 bits per heavy atom. The number of nitrogens with zero attached hydrogens (tertiary/aromatic N) is 1. The Hall–Kier alpha value is -2.57. The third-order valence-corrected chi connectivity index (χ3v) is 4.53. The third kappa shape index (κ3) is 5.45. The van der Waals surface area contributed by atoms with Crippen LogP contribution in [-0.2, 0) is 4.79 Å². The molecule has 3 rings (SSSR count). The van der Waals surface area contributed by atoms with Gasteiger partial charge in [-0.05, 0) is 48.9 Å². The predicted octanol–water partition coefficient (Wildman–Crippen LogP) is 5.20. The Labute approximate surface area is 170 Å². The van der Waals surface area contributed by atoms with Crippen molar-refractivity contribution in [1.82, 2.24) is 5.43 Å². The van der Waals surface area contributed by atoms with Crippen molar-refractivity contribution in [2.24, 2.45) is 5.10 Å². The summed E-state index contributed by atoms with van der Waals surface area (Å²) in [5.41, 5.74) is 4.27. The largest absolute Gasteiger partial charge is 0.484 e. The molecule has 7 heteroatoms. The monoisotopic (exact) mass is 446 g/mol. The first kappa shape index (κ1) is 19.2. The number of hydrazone groups is 1. The van der Waals surface area contributed by atoms with E-state index in [0.717, 1.165) is 15.6 Å². The molecule has 0 saturated heterocycles. The molecule has 5 nitrogen and oxygen atoms in total. The molecule has 0 spiro atoms. The smallest absolute Gasteiger partial charge is 0.277 e. The van der Waals surface area contributed by atoms with Gasteiger partial charge in [-0.25, -0.2) is 5.43 Å². The van der Waals surface area contributed by atoms with Crippen LogP contribution < -0.4 is 10.2 Å². The molecule has 0 radical (unpaired) electrons. The van der Waals surface area contributed by atoms with E-state index in [2.05, 4.69) is 26.5 Å². The summed E-state index contributed by atoms with van der Waals surface area (Å²) in [7, 11) is 0. The number of carbonyl (C=O) groups excluding carboxylic acids is 1. The molecule has 1 heterocycles. The Morgan fingerprint density at radius 2 is 2.11 bits per heavy atom. The van der Waals surface area contributed by atoms with Crippen LogP contribution in [0.15, 0.2) is 68.6 Å². The van der Waals surface area contributed by atoms with Crippen molar-refractivity contribution in [1.29, 1.82) is 0 Å². The van der Waals surface area contributed by atoms with Gasteiger partial charge >= 0.3 is 0 Å². The second kappa shape index (κ2) is 8.88. The summed E-state index contributed by atoms with van der Waals surface area (Å²) < 4.78 is 12.0. The molecule has 0 atom stereocenters. The molecule has 0 aliphatic carbocycles. The summed E-state index contributed by atoms with van der Waals surface area (Å²) in [6.07, 6.45) is 1.43. The van der Waals surface area contributed by atoms with Gasteiger partial charge in [0.05, 0.1) is 6.21 Å². The SMILES string of the molecule is Cc1ccc(-c2ccc(C=NNC(=O)COc3cccc(Br)c3)o2)cc1Cl. The number of rotatable bonds is 6. The van der Waals surface area contributed by atoms with Gasteiger partial charge < -0.3 is 9.15 Å². The van der Waals surface area contributed by atoms with Crippen molar-refractivity contribution in [3.8, 4) is 17.1 Å². The number of halogens is 2. The van der Waals surface area contributed by atoms with Gasteiger partial charge in [-0.1, -0.05) is 45.7 Å². The highest BCUT2D eigenvalue weighted by Crippen LogP contribution is 2.26. The zero-order valence-electron chi connectivity index (χ0n) is 14.4. The molecule has 3 aromatic rings. The van der Waals surface area contributed by atoms with E-state index < -0.39 is 0 Å². The van der Waals surface area contributed by atoms with Crippen LogP contribution in [0.2, 0.25) is 5.02 Å². The first-order chi connectivity index (χ1) is 13.0. The van der Waals surface area contributed by atoms with Crippen LogP contribution in [0.3, 0.4) is 0 Å². The van der Waals surface area contributed by atoms with Gasteiger partial charge in [-0.3, -0.25) is 4.79 Å². The number of nitrogens with one attached hydrogen (secondary N) is 1. The van der Waals surface area contributed by atoms with Crippen LogP contribution in [0.5, 0.6) is 5.75 Å². The quantitative estimate of drug-likeness (QED) is 0.417. The topological polar surface area (TPSA) is 63.8 Å². The van der Waals surface area contributed by atoms with Crippen LogP contribution in [-0.4, -0.2) is 18.7 Å². The van der Waals surface area contributed by atoms with E-state index in [1.54, 1.807) is 18.2 Å². The first-order valence-electron chi connectivity index (χ1n) is 8.08. The van der Waals surface area contributed by atoms with Crippen molar-refractivity contribution in [2.75, 3.05) is 6.61 Å². The standard InChI is InChI=1S/C20H16BrClN2O3/c1-13-5-6-14(9-18(13)22)19-8-7-17(27-19)11-23-24-20(25)12-26-16-4-2-3-15(21)10-16/h2-11H,12H2,1H3,(H,24,25). The van der Waals surface area contributed by atoms with Gasteiger partial charge in [-0.15, -0.1) is 0 Å². The fourth-order valence-corrected chi connectivity index (χ4v) is 2.79. The molecule has 0 saturated carbocycles. The molecule has 1 N–H and O–H groups in total. The summed E-state index contributed by atoms with van der Waals surface area (Å²) in [5, 5.41) is 4.55. The van der Waals surface area contributed by atoms with Gasteiger partial charge in [-0.2, -0.15) is 5.10 Å². The maximum absolute atomic E-state index is 11.8. The minimum absolute atomic E-state index is 0.140. The number of hydrogen-bond donors (Lipinski definition) is 1. The zero-order valence-corrected chi connectivity index (χ0v) is 16.8. The molecule has 0 bridgehead atoms. The number of amides is 1. The highest BCUT2D eigenvalue weighted by molar-refractivity contribution is 9.10. The van der Waals surface area contributed by atoms with Gasteiger partial charge in [0.15, 0.2) is 6.61 Å². The predicted molar refractivity (Wildman–Crippen MR) is 109 cm³/mol. The molecule has 0 unspecified atom stereocenters. The average molecular weight is 448 g/mol. The van der Waals surface area contributed by atoms with Crippen molar-refractivity contribution in [2.45, 2.75) is 6.92 Å². The second-order valence-corrected chi connectivity index (χ2v) is 7.03. The van der Waals surface area contributed by atoms with Gasteiger partial charge in [0.25, 0.3) is 5.91 Å². The minimum Gasteiger partial charge on any atom is -0.484 e. The second-order valence-electron chi connectivity index (χ2n) is 5.71. The fraction of sp³-hybridized carbons (Fsp3) is 0.100. The lowest BCUT2D eigenvalue weighted by molar-refractivity contribution is -0.123. The Bertz CT molecular complexity index is 985. The molecule has 0 aliphatic heterocycles.